The van der Waals surface area contributed by atoms with Crippen LogP contribution in [0.15, 0.2) is 36.7 Å². The van der Waals surface area contributed by atoms with E-state index in [2.05, 4.69) is 15.1 Å². The van der Waals surface area contributed by atoms with Gasteiger partial charge in [-0.1, -0.05) is 29.8 Å². The van der Waals surface area contributed by atoms with Gasteiger partial charge < -0.3 is 9.84 Å². The van der Waals surface area contributed by atoms with Gasteiger partial charge in [0.05, 0.1) is 0 Å². The van der Waals surface area contributed by atoms with Crippen LogP contribution in [0.1, 0.15) is 5.56 Å². The average Bonchev–Trinajstić information content (AvgIpc) is 2.89. The summed E-state index contributed by atoms with van der Waals surface area (Å²) in [6.45, 7) is 0.0518. The van der Waals surface area contributed by atoms with Crippen molar-refractivity contribution in [2.24, 2.45) is 0 Å². The van der Waals surface area contributed by atoms with Crippen LogP contribution in [0.5, 0.6) is 11.6 Å². The summed E-state index contributed by atoms with van der Waals surface area (Å²) in [5.74, 6) is 1.43. The van der Waals surface area contributed by atoms with E-state index in [4.69, 9.17) is 21.4 Å². The second kappa shape index (κ2) is 5.44. The van der Waals surface area contributed by atoms with Gasteiger partial charge in [0.1, 0.15) is 17.2 Å². The van der Waals surface area contributed by atoms with Crippen molar-refractivity contribution in [3.63, 3.8) is 0 Å². The zero-order chi connectivity index (χ0) is 13.9. The molecule has 0 aliphatic carbocycles. The van der Waals surface area contributed by atoms with E-state index >= 15 is 0 Å². The minimum Gasteiger partial charge on any atom is -0.438 e. The summed E-state index contributed by atoms with van der Waals surface area (Å²) in [6.07, 6.45) is 1.89. The molecule has 0 atom stereocenters. The maximum atomic E-state index is 9.08. The van der Waals surface area contributed by atoms with Crippen LogP contribution in [0.25, 0.3) is 5.78 Å². The van der Waals surface area contributed by atoms with Crippen LogP contribution in [0.2, 0.25) is 5.15 Å². The van der Waals surface area contributed by atoms with E-state index in [1.807, 2.05) is 24.3 Å². The van der Waals surface area contributed by atoms with Gasteiger partial charge in [0, 0.05) is 12.7 Å². The second-order valence-electron chi connectivity index (χ2n) is 4.07. The zero-order valence-electron chi connectivity index (χ0n) is 10.4. The van der Waals surface area contributed by atoms with Gasteiger partial charge in [-0.3, -0.25) is 0 Å². The summed E-state index contributed by atoms with van der Waals surface area (Å²) in [5.41, 5.74) is 0.899. The molecule has 102 valence electrons. The highest BCUT2D eigenvalue weighted by Crippen LogP contribution is 2.26. The molecule has 1 aromatic carbocycles. The topological polar surface area (TPSA) is 72.5 Å². The first kappa shape index (κ1) is 12.8. The van der Waals surface area contributed by atoms with Crippen LogP contribution in [0, 0.1) is 0 Å². The smallest absolute Gasteiger partial charge is 0.256 e. The van der Waals surface area contributed by atoms with E-state index in [1.165, 1.54) is 10.8 Å². The van der Waals surface area contributed by atoms with E-state index in [9.17, 15) is 0 Å². The molecule has 2 aromatic heterocycles. The van der Waals surface area contributed by atoms with Crippen LogP contribution in [0.3, 0.4) is 0 Å². The largest absolute Gasteiger partial charge is 0.438 e. The SMILES string of the molecule is OCCc1ccccc1Oc1cc(Cl)nc2ncnn12. The van der Waals surface area contributed by atoms with E-state index in [1.54, 1.807) is 6.07 Å². The second-order valence-corrected chi connectivity index (χ2v) is 4.46. The molecule has 7 heteroatoms. The lowest BCUT2D eigenvalue weighted by Crippen LogP contribution is -2.00. The van der Waals surface area contributed by atoms with Gasteiger partial charge in [0.2, 0.25) is 5.88 Å². The number of aliphatic hydroxyl groups is 1. The predicted molar refractivity (Wildman–Crippen MR) is 73.1 cm³/mol. The predicted octanol–water partition coefficient (Wildman–Crippen LogP) is 2.10. The molecule has 0 radical (unpaired) electrons. The van der Waals surface area contributed by atoms with Crippen molar-refractivity contribution in [2.45, 2.75) is 6.42 Å². The summed E-state index contributed by atoms with van der Waals surface area (Å²) in [4.78, 5) is 8.01. The van der Waals surface area contributed by atoms with Crippen molar-refractivity contribution >= 4 is 17.4 Å². The molecule has 0 amide bonds. The van der Waals surface area contributed by atoms with Crippen molar-refractivity contribution in [2.75, 3.05) is 6.61 Å². The Morgan fingerprint density at radius 1 is 1.30 bits per heavy atom. The molecule has 0 bridgehead atoms. The number of halogens is 1. The van der Waals surface area contributed by atoms with Crippen molar-refractivity contribution in [3.05, 3.63) is 47.4 Å². The average molecular weight is 291 g/mol. The molecule has 3 aromatic rings. The van der Waals surface area contributed by atoms with Gasteiger partial charge in [0.25, 0.3) is 5.78 Å². The fourth-order valence-corrected chi connectivity index (χ4v) is 2.04. The number of hydrogen-bond donors (Lipinski definition) is 1. The fourth-order valence-electron chi connectivity index (χ4n) is 1.87. The molecule has 0 fully saturated rings. The lowest BCUT2D eigenvalue weighted by Gasteiger charge is -2.11. The highest BCUT2D eigenvalue weighted by atomic mass is 35.5. The Hall–Kier alpha value is -2.18. The standard InChI is InChI=1S/C13H11ClN4O2/c14-11-7-12(18-13(17-11)15-8-16-18)20-10-4-2-1-3-9(10)5-6-19/h1-4,7-8,19H,5-6H2. The molecule has 20 heavy (non-hydrogen) atoms. The Labute approximate surface area is 119 Å². The van der Waals surface area contributed by atoms with Crippen molar-refractivity contribution in [1.82, 2.24) is 19.6 Å². The lowest BCUT2D eigenvalue weighted by molar-refractivity contribution is 0.297. The normalized spacial score (nSPS) is 10.9. The maximum Gasteiger partial charge on any atom is 0.256 e. The van der Waals surface area contributed by atoms with Crippen LogP contribution in [-0.2, 0) is 6.42 Å². The zero-order valence-corrected chi connectivity index (χ0v) is 11.2. The molecule has 0 saturated heterocycles. The third-order valence-electron chi connectivity index (χ3n) is 2.76. The van der Waals surface area contributed by atoms with Crippen molar-refractivity contribution in [3.8, 4) is 11.6 Å². The third kappa shape index (κ3) is 2.43. The lowest BCUT2D eigenvalue weighted by atomic mass is 10.1. The number of rotatable bonds is 4. The summed E-state index contributed by atoms with van der Waals surface area (Å²) in [5, 5.41) is 13.4. The molecule has 0 saturated carbocycles. The summed E-state index contributed by atoms with van der Waals surface area (Å²) in [6, 6.07) is 9.04. The number of benzene rings is 1. The minimum atomic E-state index is 0.0518. The fraction of sp³-hybridized carbons (Fsp3) is 0.154. The Morgan fingerprint density at radius 3 is 3.00 bits per heavy atom. The Morgan fingerprint density at radius 2 is 2.15 bits per heavy atom. The Bertz CT molecular complexity index is 744. The first-order valence-electron chi connectivity index (χ1n) is 6.01. The number of ether oxygens (including phenoxy) is 1. The first-order chi connectivity index (χ1) is 9.78. The minimum absolute atomic E-state index is 0.0518. The maximum absolute atomic E-state index is 9.08. The molecule has 2 heterocycles. The molecular weight excluding hydrogens is 280 g/mol. The van der Waals surface area contributed by atoms with E-state index in [0.29, 0.717) is 23.8 Å². The quantitative estimate of drug-likeness (QED) is 0.745. The molecule has 0 aliphatic heterocycles. The van der Waals surface area contributed by atoms with Gasteiger partial charge in [-0.2, -0.15) is 19.6 Å². The highest BCUT2D eigenvalue weighted by Gasteiger charge is 2.10. The van der Waals surface area contributed by atoms with Crippen LogP contribution in [-0.4, -0.2) is 31.3 Å². The summed E-state index contributed by atoms with van der Waals surface area (Å²) >= 11 is 5.94. The number of aromatic nitrogens is 4. The van der Waals surface area contributed by atoms with Crippen LogP contribution in [0.4, 0.5) is 0 Å². The number of fused-ring (bicyclic) bond motifs is 1. The van der Waals surface area contributed by atoms with Gasteiger partial charge in [0.15, 0.2) is 0 Å². The third-order valence-corrected chi connectivity index (χ3v) is 2.95. The Kier molecular flexibility index (Phi) is 3.49. The molecule has 0 spiro atoms. The molecule has 6 nitrogen and oxygen atoms in total. The molecule has 0 aliphatic rings. The number of para-hydroxylation sites is 1. The molecule has 1 N–H and O–H groups in total. The monoisotopic (exact) mass is 290 g/mol. The van der Waals surface area contributed by atoms with E-state index < -0.39 is 0 Å². The van der Waals surface area contributed by atoms with E-state index in [-0.39, 0.29) is 11.8 Å². The van der Waals surface area contributed by atoms with Gasteiger partial charge in [-0.05, 0) is 18.1 Å². The van der Waals surface area contributed by atoms with Crippen LogP contribution >= 0.6 is 11.6 Å². The first-order valence-corrected chi connectivity index (χ1v) is 6.38. The molecule has 3 rings (SSSR count). The molecular formula is C13H11ClN4O2. The van der Waals surface area contributed by atoms with Crippen LogP contribution < -0.4 is 4.74 Å². The number of nitrogens with zero attached hydrogens (tertiary/aromatic N) is 4. The van der Waals surface area contributed by atoms with Gasteiger partial charge >= 0.3 is 0 Å². The summed E-state index contributed by atoms with van der Waals surface area (Å²) in [7, 11) is 0. The van der Waals surface area contributed by atoms with Gasteiger partial charge in [-0.15, -0.1) is 0 Å². The Balaban J connectivity index is 2.03. The van der Waals surface area contributed by atoms with E-state index in [0.717, 1.165) is 5.56 Å². The van der Waals surface area contributed by atoms with Crippen molar-refractivity contribution in [1.29, 1.82) is 0 Å². The van der Waals surface area contributed by atoms with Gasteiger partial charge in [-0.25, -0.2) is 0 Å². The summed E-state index contributed by atoms with van der Waals surface area (Å²) < 4.78 is 7.30. The molecule has 0 unspecified atom stereocenters. The number of hydrogen-bond acceptors (Lipinski definition) is 5. The number of aliphatic hydroxyl groups excluding tert-OH is 1. The van der Waals surface area contributed by atoms with Crippen molar-refractivity contribution < 1.29 is 9.84 Å². The highest BCUT2D eigenvalue weighted by molar-refractivity contribution is 6.29.